The average Bonchev–Trinajstić information content (AvgIpc) is 0.918. The Labute approximate surface area is 618 Å². The molecule has 540 valence electrons. The van der Waals surface area contributed by atoms with E-state index in [1.807, 2.05) is 6.07 Å². The lowest BCUT2D eigenvalue weighted by atomic mass is 9.95. The number of carbonyl (C=O) groups excluding carboxylic acids is 4. The number of nitrogens with one attached hydrogen (secondary N) is 2. The number of aliphatic imine (C=N–C) groups is 2. The van der Waals surface area contributed by atoms with E-state index in [1.165, 1.54) is 119 Å². The molecule has 0 saturated carbocycles. The highest BCUT2D eigenvalue weighted by Crippen LogP contribution is 2.42. The van der Waals surface area contributed by atoms with Crippen LogP contribution in [0.5, 0.6) is 23.0 Å². The third-order valence-electron chi connectivity index (χ3n) is 18.0. The second kappa shape index (κ2) is 30.9. The lowest BCUT2D eigenvalue weighted by Gasteiger charge is -2.38. The number of hydrogen-bond donors (Lipinski definition) is 4. The molecule has 8 aromatic rings. The molecule has 106 heavy (non-hydrogen) atoms. The molecule has 0 spiro atoms. The molecule has 0 radical (unpaired) electrons. The summed E-state index contributed by atoms with van der Waals surface area (Å²) in [4.78, 5) is 106. The molecule has 0 unspecified atom stereocenters. The van der Waals surface area contributed by atoms with Gasteiger partial charge in [0.1, 0.15) is 41.3 Å². The Bertz CT molecular complexity index is 5120. The van der Waals surface area contributed by atoms with Gasteiger partial charge in [-0.15, -0.1) is 22.7 Å². The third-order valence-corrected chi connectivity index (χ3v) is 20.2. The summed E-state index contributed by atoms with van der Waals surface area (Å²) in [6.45, 7) is 3.38. The minimum absolute atomic E-state index is 0.0813. The first-order chi connectivity index (χ1) is 51.1. The first-order valence-electron chi connectivity index (χ1n) is 32.2. The van der Waals surface area contributed by atoms with Crippen molar-refractivity contribution in [2.75, 3.05) is 89.5 Å². The van der Waals surface area contributed by atoms with Gasteiger partial charge in [0.25, 0.3) is 0 Å². The predicted molar refractivity (Wildman–Crippen MR) is 378 cm³/mol. The molecule has 0 aliphatic carbocycles. The van der Waals surface area contributed by atoms with Crippen LogP contribution in [0.3, 0.4) is 0 Å². The number of anilines is 2. The number of carbonyl (C=O) groups is 6. The molecule has 4 fully saturated rings. The molecule has 14 rings (SSSR count). The standard InChI is InChI=1S/2C36H28ClF2N7O6S/c1-51-35(49)30-27(42-32(33-41-8-11-53-33)43-31(30)24-5-3-21(38)14-25(24)37)18-44-9-10-45-22(16-44)17-46(36(45)50)28-7-4-23(12-20(28)15-40)52-29-13-19(34(47)48)2-6-26(29)39;1-51-35(49)30-28(42-32(33-41-6-9-53-33)43-31(30)25-4-3-21(38)13-26(25)37)18-44-7-8-45-23(16-44)17-46(36(45)50)22-10-19(15-40)11-24(14-22)52-29-5-2-20(34(47)48)12-27(29)39/h2-8,11-14,22,31H,9-10,16-18H2,1H3,(H,42,43)(H,47,48);2-6,9-14,23,31H,7-8,16-18H2,1H3,(H,42,43)(H,47,48)/t22-,31-;23-,31-/m00/s1. The van der Waals surface area contributed by atoms with E-state index in [9.17, 15) is 62.0 Å². The quantitative estimate of drug-likeness (QED) is 0.0458. The molecular formula is C72H56Cl2F4N14O12S2. The Hall–Kier alpha value is -11.8. The topological polar surface area (TPSA) is 321 Å². The zero-order valence-corrected chi connectivity index (χ0v) is 58.7. The minimum Gasteiger partial charge on any atom is -0.478 e. The van der Waals surface area contributed by atoms with Gasteiger partial charge in [-0.3, -0.25) is 29.6 Å². The summed E-state index contributed by atoms with van der Waals surface area (Å²) in [5, 5.41) is 49.6. The number of benzene rings is 6. The maximum absolute atomic E-state index is 14.7. The molecule has 2 aromatic heterocycles. The number of nitrogens with zero attached hydrogens (tertiary/aromatic N) is 12. The number of hydrogen-bond acceptors (Lipinski definition) is 22. The number of aromatic nitrogens is 2. The van der Waals surface area contributed by atoms with Gasteiger partial charge in [-0.2, -0.15) is 10.5 Å². The summed E-state index contributed by atoms with van der Waals surface area (Å²) in [5.41, 5.74) is 2.73. The normalized spacial score (nSPS) is 18.6. The molecule has 0 bridgehead atoms. The van der Waals surface area contributed by atoms with Gasteiger partial charge in [-0.1, -0.05) is 35.3 Å². The average molecular weight is 1520 g/mol. The fourth-order valence-corrected chi connectivity index (χ4v) is 14.8. The highest BCUT2D eigenvalue weighted by molar-refractivity contribution is 7.12. The van der Waals surface area contributed by atoms with Crippen LogP contribution < -0.4 is 29.9 Å². The number of carboxylic acid groups (broad SMARTS) is 2. The summed E-state index contributed by atoms with van der Waals surface area (Å²) in [6.07, 6.45) is 3.26. The van der Waals surface area contributed by atoms with Crippen LogP contribution in [-0.2, 0) is 19.1 Å². The van der Waals surface area contributed by atoms with Crippen molar-refractivity contribution in [1.29, 1.82) is 10.5 Å². The van der Waals surface area contributed by atoms with Crippen molar-refractivity contribution in [3.05, 3.63) is 232 Å². The minimum atomic E-state index is -1.30. The number of amides is 4. The van der Waals surface area contributed by atoms with Gasteiger partial charge in [-0.25, -0.2) is 56.3 Å². The van der Waals surface area contributed by atoms with Crippen molar-refractivity contribution in [3.8, 4) is 35.1 Å². The van der Waals surface area contributed by atoms with E-state index in [4.69, 9.17) is 57.2 Å². The lowest BCUT2D eigenvalue weighted by Crippen LogP contribution is -2.53. The predicted octanol–water partition coefficient (Wildman–Crippen LogP) is 11.2. The number of carboxylic acids is 2. The number of halogens is 6. The van der Waals surface area contributed by atoms with E-state index in [-0.39, 0.29) is 117 Å². The van der Waals surface area contributed by atoms with Crippen LogP contribution in [0.4, 0.5) is 38.5 Å². The van der Waals surface area contributed by atoms with Crippen LogP contribution in [-0.4, -0.2) is 179 Å². The number of thiazole rings is 2. The molecule has 4 saturated heterocycles. The summed E-state index contributed by atoms with van der Waals surface area (Å²) < 4.78 is 78.9. The van der Waals surface area contributed by atoms with Crippen molar-refractivity contribution in [2.24, 2.45) is 9.98 Å². The van der Waals surface area contributed by atoms with Gasteiger partial charge < -0.3 is 49.6 Å². The van der Waals surface area contributed by atoms with Gasteiger partial charge >= 0.3 is 35.9 Å². The molecule has 34 heteroatoms. The smallest absolute Gasteiger partial charge is 0.338 e. The molecule has 26 nitrogen and oxygen atoms in total. The fraction of sp³-hybridized carbons (Fsp3) is 0.222. The lowest BCUT2D eigenvalue weighted by molar-refractivity contribution is -0.137. The summed E-state index contributed by atoms with van der Waals surface area (Å²) in [5.74, 6) is -6.21. The van der Waals surface area contributed by atoms with Gasteiger partial charge in [0.05, 0.1) is 77.1 Å². The van der Waals surface area contributed by atoms with Crippen LogP contribution in [0, 0.1) is 45.9 Å². The highest BCUT2D eigenvalue weighted by atomic mass is 35.5. The van der Waals surface area contributed by atoms with E-state index in [1.54, 1.807) is 33.0 Å². The number of urea groups is 2. The second-order valence-electron chi connectivity index (χ2n) is 24.5. The number of aromatic carboxylic acids is 2. The highest BCUT2D eigenvalue weighted by Gasteiger charge is 2.45. The molecular weight excluding hydrogens is 1460 g/mol. The zero-order valence-electron chi connectivity index (χ0n) is 55.5. The fourth-order valence-electron chi connectivity index (χ4n) is 13.1. The van der Waals surface area contributed by atoms with Gasteiger partial charge in [0.2, 0.25) is 0 Å². The zero-order chi connectivity index (χ0) is 74.8. The first kappa shape index (κ1) is 72.6. The van der Waals surface area contributed by atoms with Crippen LogP contribution in [0.2, 0.25) is 10.0 Å². The van der Waals surface area contributed by atoms with Crippen LogP contribution >= 0.6 is 45.9 Å². The number of methoxy groups -OCH3 is 2. The Morgan fingerprint density at radius 1 is 0.585 bits per heavy atom. The number of ether oxygens (including phenoxy) is 4. The number of esters is 2. The summed E-state index contributed by atoms with van der Waals surface area (Å²) >= 11 is 15.7. The van der Waals surface area contributed by atoms with E-state index in [0.717, 1.165) is 36.4 Å². The van der Waals surface area contributed by atoms with E-state index in [2.05, 4.69) is 36.5 Å². The maximum Gasteiger partial charge on any atom is 0.338 e. The molecule has 4 atom stereocenters. The van der Waals surface area contributed by atoms with Gasteiger partial charge in [-0.05, 0) is 84.9 Å². The molecule has 6 aliphatic rings. The Kier molecular flexibility index (Phi) is 21.1. The van der Waals surface area contributed by atoms with E-state index < -0.39 is 59.2 Å². The monoisotopic (exact) mass is 1520 g/mol. The number of rotatable bonds is 18. The Balaban J connectivity index is 0.000000188. The van der Waals surface area contributed by atoms with E-state index >= 15 is 0 Å². The van der Waals surface area contributed by atoms with Crippen LogP contribution in [0.15, 0.2) is 165 Å². The number of piperazine rings is 2. The second-order valence-corrected chi connectivity index (χ2v) is 27.1. The van der Waals surface area contributed by atoms with Gasteiger partial charge in [0, 0.05) is 133 Å². The Morgan fingerprint density at radius 2 is 1.11 bits per heavy atom. The number of fused-ring (bicyclic) bond motifs is 2. The maximum atomic E-state index is 14.7. The summed E-state index contributed by atoms with van der Waals surface area (Å²) in [6, 6.07) is 24.0. The van der Waals surface area contributed by atoms with Crippen LogP contribution in [0.1, 0.15) is 65.1 Å². The SMILES string of the molecule is COC(=O)C1=C(CN2CCN3C(=O)N(c4cc(C#N)cc(Oc5ccc(C(=O)O)cc5F)c4)C[C@@H]3C2)NC(c2nccs2)=N[C@H]1c1ccc(F)cc1Cl.COC(=O)C1=C(CN2CCN3C(=O)N(c4ccc(Oc5cc(C(=O)O)ccc5F)cc4C#N)C[C@@H]3C2)NC(c2nccs2)=N[C@H]1c1ccc(F)cc1Cl. The number of nitriles is 2. The third kappa shape index (κ3) is 15.1. The largest absolute Gasteiger partial charge is 0.478 e. The summed E-state index contributed by atoms with van der Waals surface area (Å²) in [7, 11) is 2.52. The first-order valence-corrected chi connectivity index (χ1v) is 34.7. The Morgan fingerprint density at radius 3 is 1.61 bits per heavy atom. The van der Waals surface area contributed by atoms with E-state index in [0.29, 0.717) is 94.9 Å². The van der Waals surface area contributed by atoms with Crippen molar-refractivity contribution in [3.63, 3.8) is 0 Å². The molecule has 6 aliphatic heterocycles. The molecule has 8 heterocycles. The van der Waals surface area contributed by atoms with Crippen LogP contribution in [0.25, 0.3) is 0 Å². The molecule has 6 aromatic carbocycles. The van der Waals surface area contributed by atoms with Gasteiger partial charge in [0.15, 0.2) is 44.8 Å². The molecule has 4 N–H and O–H groups in total. The van der Waals surface area contributed by atoms with Crippen molar-refractivity contribution >= 4 is 105 Å². The number of amidine groups is 2. The van der Waals surface area contributed by atoms with Crippen molar-refractivity contribution in [1.82, 2.24) is 40.2 Å². The molecule has 4 amide bonds. The van der Waals surface area contributed by atoms with Crippen molar-refractivity contribution < 1.29 is 75.5 Å². The van der Waals surface area contributed by atoms with Crippen molar-refractivity contribution in [2.45, 2.75) is 24.2 Å².